The van der Waals surface area contributed by atoms with Crippen molar-refractivity contribution in [3.63, 3.8) is 0 Å². The Bertz CT molecular complexity index is 552. The molecule has 0 spiro atoms. The standard InChI is InChI=1S/C13H10F3NO/c1-18-10-5-2-4-9(8-10)12-11(13(14,15)16)6-3-7-17-12/h2-8H,1H3. The summed E-state index contributed by atoms with van der Waals surface area (Å²) >= 11 is 0. The number of ether oxygens (including phenoxy) is 1. The van der Waals surface area contributed by atoms with Gasteiger partial charge in [-0.15, -0.1) is 0 Å². The van der Waals surface area contributed by atoms with Crippen LogP contribution in [0.1, 0.15) is 5.56 Å². The Labute approximate surface area is 102 Å². The first-order chi connectivity index (χ1) is 8.52. The van der Waals surface area contributed by atoms with E-state index in [1.807, 2.05) is 0 Å². The third-order valence-corrected chi connectivity index (χ3v) is 2.46. The molecule has 0 fully saturated rings. The molecule has 0 saturated heterocycles. The zero-order valence-electron chi connectivity index (χ0n) is 9.53. The normalized spacial score (nSPS) is 11.3. The lowest BCUT2D eigenvalue weighted by Gasteiger charge is -2.12. The fourth-order valence-corrected chi connectivity index (χ4v) is 1.63. The molecule has 5 heteroatoms. The third kappa shape index (κ3) is 2.45. The highest BCUT2D eigenvalue weighted by atomic mass is 19.4. The lowest BCUT2D eigenvalue weighted by Crippen LogP contribution is -2.08. The van der Waals surface area contributed by atoms with Gasteiger partial charge in [-0.1, -0.05) is 12.1 Å². The summed E-state index contributed by atoms with van der Waals surface area (Å²) in [5.41, 5.74) is -0.468. The first-order valence-electron chi connectivity index (χ1n) is 5.19. The van der Waals surface area contributed by atoms with Gasteiger partial charge in [-0.2, -0.15) is 13.2 Å². The van der Waals surface area contributed by atoms with Crippen molar-refractivity contribution in [2.24, 2.45) is 0 Å². The summed E-state index contributed by atoms with van der Waals surface area (Å²) in [6.07, 6.45) is -3.09. The van der Waals surface area contributed by atoms with E-state index in [4.69, 9.17) is 4.74 Å². The van der Waals surface area contributed by atoms with Crippen LogP contribution in [-0.4, -0.2) is 12.1 Å². The average Bonchev–Trinajstić information content (AvgIpc) is 2.38. The molecule has 0 aliphatic carbocycles. The number of aromatic nitrogens is 1. The van der Waals surface area contributed by atoms with E-state index in [0.29, 0.717) is 11.3 Å². The molecule has 1 aromatic carbocycles. The second-order valence-electron chi connectivity index (χ2n) is 3.63. The molecule has 2 rings (SSSR count). The van der Waals surface area contributed by atoms with E-state index in [2.05, 4.69) is 4.98 Å². The second-order valence-corrected chi connectivity index (χ2v) is 3.63. The van der Waals surface area contributed by atoms with Crippen molar-refractivity contribution in [1.29, 1.82) is 0 Å². The maximum atomic E-state index is 12.8. The van der Waals surface area contributed by atoms with E-state index in [1.165, 1.54) is 25.4 Å². The number of hydrogen-bond donors (Lipinski definition) is 0. The molecule has 0 amide bonds. The highest BCUT2D eigenvalue weighted by Crippen LogP contribution is 2.36. The molecular weight excluding hydrogens is 243 g/mol. The lowest BCUT2D eigenvalue weighted by molar-refractivity contribution is -0.137. The summed E-state index contributed by atoms with van der Waals surface area (Å²) in [5, 5.41) is 0. The smallest absolute Gasteiger partial charge is 0.418 e. The minimum Gasteiger partial charge on any atom is -0.497 e. The Morgan fingerprint density at radius 3 is 2.56 bits per heavy atom. The van der Waals surface area contributed by atoms with Crippen LogP contribution in [0.2, 0.25) is 0 Å². The summed E-state index contributed by atoms with van der Waals surface area (Å²) in [6.45, 7) is 0. The van der Waals surface area contributed by atoms with Crippen molar-refractivity contribution in [2.75, 3.05) is 7.11 Å². The van der Waals surface area contributed by atoms with Crippen LogP contribution < -0.4 is 4.74 Å². The molecule has 2 nitrogen and oxygen atoms in total. The van der Waals surface area contributed by atoms with E-state index >= 15 is 0 Å². The molecule has 0 atom stereocenters. The van der Waals surface area contributed by atoms with Crippen LogP contribution in [0, 0.1) is 0 Å². The first kappa shape index (κ1) is 12.4. The van der Waals surface area contributed by atoms with Crippen molar-refractivity contribution in [3.05, 3.63) is 48.2 Å². The molecule has 0 bridgehead atoms. The van der Waals surface area contributed by atoms with Crippen molar-refractivity contribution in [1.82, 2.24) is 4.98 Å². The van der Waals surface area contributed by atoms with Gasteiger partial charge in [0.25, 0.3) is 0 Å². The molecule has 18 heavy (non-hydrogen) atoms. The molecule has 0 unspecified atom stereocenters. The van der Waals surface area contributed by atoms with Gasteiger partial charge in [0.15, 0.2) is 0 Å². The Balaban J connectivity index is 2.57. The number of rotatable bonds is 2. The molecule has 0 saturated carbocycles. The monoisotopic (exact) mass is 253 g/mol. The van der Waals surface area contributed by atoms with Gasteiger partial charge >= 0.3 is 6.18 Å². The molecule has 1 aromatic heterocycles. The Kier molecular flexibility index (Phi) is 3.23. The van der Waals surface area contributed by atoms with Gasteiger partial charge in [-0.25, -0.2) is 0 Å². The highest BCUT2D eigenvalue weighted by molar-refractivity contribution is 5.65. The Morgan fingerprint density at radius 1 is 1.11 bits per heavy atom. The van der Waals surface area contributed by atoms with Gasteiger partial charge < -0.3 is 4.74 Å². The molecule has 1 heterocycles. The number of alkyl halides is 3. The molecule has 0 radical (unpaired) electrons. The van der Waals surface area contributed by atoms with E-state index in [1.54, 1.807) is 18.2 Å². The SMILES string of the molecule is COc1cccc(-c2ncccc2C(F)(F)F)c1. The first-order valence-corrected chi connectivity index (χ1v) is 5.19. The number of halogens is 3. The summed E-state index contributed by atoms with van der Waals surface area (Å²) in [6, 6.07) is 8.68. The fraction of sp³-hybridized carbons (Fsp3) is 0.154. The minimum absolute atomic E-state index is 0.0936. The maximum Gasteiger partial charge on any atom is 0.418 e. The predicted molar refractivity (Wildman–Crippen MR) is 61.2 cm³/mol. The lowest BCUT2D eigenvalue weighted by atomic mass is 10.1. The fourth-order valence-electron chi connectivity index (χ4n) is 1.63. The Hall–Kier alpha value is -2.04. The number of hydrogen-bond acceptors (Lipinski definition) is 2. The quantitative estimate of drug-likeness (QED) is 0.812. The summed E-state index contributed by atoms with van der Waals surface area (Å²) < 4.78 is 43.5. The Morgan fingerprint density at radius 2 is 1.89 bits per heavy atom. The largest absolute Gasteiger partial charge is 0.497 e. The third-order valence-electron chi connectivity index (χ3n) is 2.46. The molecule has 2 aromatic rings. The maximum absolute atomic E-state index is 12.8. The summed E-state index contributed by atoms with van der Waals surface area (Å²) in [5.74, 6) is 0.492. The van der Waals surface area contributed by atoms with E-state index in [-0.39, 0.29) is 5.69 Å². The molecule has 0 N–H and O–H groups in total. The number of pyridine rings is 1. The van der Waals surface area contributed by atoms with Crippen LogP contribution in [0.15, 0.2) is 42.6 Å². The molecule has 0 aliphatic rings. The van der Waals surface area contributed by atoms with Crippen LogP contribution in [0.5, 0.6) is 5.75 Å². The summed E-state index contributed by atoms with van der Waals surface area (Å²) in [7, 11) is 1.46. The van der Waals surface area contributed by atoms with Crippen LogP contribution in [-0.2, 0) is 6.18 Å². The zero-order valence-corrected chi connectivity index (χ0v) is 9.53. The number of methoxy groups -OCH3 is 1. The van der Waals surface area contributed by atoms with Crippen LogP contribution >= 0.6 is 0 Å². The molecular formula is C13H10F3NO. The van der Waals surface area contributed by atoms with Crippen LogP contribution in [0.4, 0.5) is 13.2 Å². The average molecular weight is 253 g/mol. The predicted octanol–water partition coefficient (Wildman–Crippen LogP) is 3.78. The molecule has 0 aliphatic heterocycles. The van der Waals surface area contributed by atoms with Gasteiger partial charge in [-0.05, 0) is 24.3 Å². The van der Waals surface area contributed by atoms with Crippen molar-refractivity contribution in [3.8, 4) is 17.0 Å². The van der Waals surface area contributed by atoms with Gasteiger partial charge in [-0.3, -0.25) is 4.98 Å². The van der Waals surface area contributed by atoms with E-state index < -0.39 is 11.7 Å². The molecule has 94 valence electrons. The highest BCUT2D eigenvalue weighted by Gasteiger charge is 2.34. The minimum atomic E-state index is -4.42. The van der Waals surface area contributed by atoms with E-state index in [0.717, 1.165) is 6.07 Å². The van der Waals surface area contributed by atoms with Crippen molar-refractivity contribution < 1.29 is 17.9 Å². The summed E-state index contributed by atoms with van der Waals surface area (Å²) in [4.78, 5) is 3.82. The number of nitrogens with zero attached hydrogens (tertiary/aromatic N) is 1. The van der Waals surface area contributed by atoms with Gasteiger partial charge in [0.05, 0.1) is 18.4 Å². The van der Waals surface area contributed by atoms with Gasteiger partial charge in [0, 0.05) is 11.8 Å². The van der Waals surface area contributed by atoms with Crippen LogP contribution in [0.3, 0.4) is 0 Å². The van der Waals surface area contributed by atoms with E-state index in [9.17, 15) is 13.2 Å². The van der Waals surface area contributed by atoms with Crippen molar-refractivity contribution >= 4 is 0 Å². The van der Waals surface area contributed by atoms with Crippen LogP contribution in [0.25, 0.3) is 11.3 Å². The van der Waals surface area contributed by atoms with Gasteiger partial charge in [0.2, 0.25) is 0 Å². The second kappa shape index (κ2) is 4.68. The van der Waals surface area contributed by atoms with Crippen molar-refractivity contribution in [2.45, 2.75) is 6.18 Å². The topological polar surface area (TPSA) is 22.1 Å². The number of benzene rings is 1. The zero-order chi connectivity index (χ0) is 13.2. The van der Waals surface area contributed by atoms with Gasteiger partial charge in [0.1, 0.15) is 5.75 Å².